The van der Waals surface area contributed by atoms with Crippen LogP contribution in [-0.4, -0.2) is 24.2 Å². The van der Waals surface area contributed by atoms with E-state index in [4.69, 9.17) is 9.84 Å². The molecule has 1 rings (SSSR count). The van der Waals surface area contributed by atoms with Gasteiger partial charge in [-0.2, -0.15) is 0 Å². The van der Waals surface area contributed by atoms with Crippen LogP contribution in [0, 0.1) is 5.92 Å². The first-order valence-electron chi connectivity index (χ1n) is 3.25. The Hall–Kier alpha value is -0.120. The summed E-state index contributed by atoms with van der Waals surface area (Å²) in [7, 11) is 0. The lowest BCUT2D eigenvalue weighted by atomic mass is 10.0. The van der Waals surface area contributed by atoms with Gasteiger partial charge in [-0.3, -0.25) is 5.32 Å². The van der Waals surface area contributed by atoms with Crippen LogP contribution < -0.4 is 5.32 Å². The normalized spacial score (nSPS) is 45.0. The number of aliphatic hydroxyl groups excluding tert-OH is 1. The van der Waals surface area contributed by atoms with Gasteiger partial charge in [-0.25, -0.2) is 0 Å². The minimum absolute atomic E-state index is 0.168. The smallest absolute Gasteiger partial charge is 0.111 e. The monoisotopic (exact) mass is 131 g/mol. The lowest BCUT2D eigenvalue weighted by molar-refractivity contribution is -0.0988. The van der Waals surface area contributed by atoms with E-state index in [0.717, 1.165) is 0 Å². The largest absolute Gasteiger partial charge is 0.378 e. The van der Waals surface area contributed by atoms with Crippen LogP contribution in [0.3, 0.4) is 0 Å². The lowest BCUT2D eigenvalue weighted by Crippen LogP contribution is -2.47. The van der Waals surface area contributed by atoms with Crippen LogP contribution in [0.4, 0.5) is 0 Å². The molecule has 1 aliphatic rings. The first-order chi connectivity index (χ1) is 4.22. The van der Waals surface area contributed by atoms with E-state index >= 15 is 0 Å². The van der Waals surface area contributed by atoms with Crippen LogP contribution in [-0.2, 0) is 4.74 Å². The van der Waals surface area contributed by atoms with Crippen LogP contribution >= 0.6 is 0 Å². The molecule has 0 aliphatic carbocycles. The van der Waals surface area contributed by atoms with E-state index in [-0.39, 0.29) is 12.0 Å². The fraction of sp³-hybridized carbons (Fsp3) is 1.00. The molecular formula is C6H13NO2. The van der Waals surface area contributed by atoms with E-state index in [2.05, 4.69) is 5.32 Å². The van der Waals surface area contributed by atoms with Crippen molar-refractivity contribution in [2.75, 3.05) is 6.73 Å². The van der Waals surface area contributed by atoms with Gasteiger partial charge >= 0.3 is 0 Å². The van der Waals surface area contributed by atoms with Crippen LogP contribution in [0.25, 0.3) is 0 Å². The van der Waals surface area contributed by atoms with Crippen molar-refractivity contribution in [2.24, 2.45) is 5.92 Å². The van der Waals surface area contributed by atoms with Crippen molar-refractivity contribution in [1.82, 2.24) is 5.32 Å². The highest BCUT2D eigenvalue weighted by Crippen LogP contribution is 2.13. The van der Waals surface area contributed by atoms with Gasteiger partial charge in [-0.05, 0) is 6.92 Å². The molecule has 3 heteroatoms. The number of aliphatic hydroxyl groups is 1. The van der Waals surface area contributed by atoms with Crippen molar-refractivity contribution in [2.45, 2.75) is 26.2 Å². The fourth-order valence-electron chi connectivity index (χ4n) is 0.859. The average molecular weight is 131 g/mol. The maximum atomic E-state index is 9.16. The predicted molar refractivity (Wildman–Crippen MR) is 33.7 cm³/mol. The Kier molecular flexibility index (Phi) is 2.05. The van der Waals surface area contributed by atoms with Crippen molar-refractivity contribution in [3.8, 4) is 0 Å². The molecule has 0 amide bonds. The second-order valence-electron chi connectivity index (χ2n) is 2.52. The van der Waals surface area contributed by atoms with Gasteiger partial charge < -0.3 is 9.84 Å². The molecule has 1 fully saturated rings. The molecule has 3 atom stereocenters. The molecule has 0 aromatic heterocycles. The standard InChI is InChI=1S/C6H13NO2/c1-4-5(2)9-3-7-6(4)8/h4-8H,3H2,1-2H3. The summed E-state index contributed by atoms with van der Waals surface area (Å²) >= 11 is 0. The Balaban J connectivity index is 2.41. The van der Waals surface area contributed by atoms with Crippen molar-refractivity contribution in [3.63, 3.8) is 0 Å². The Morgan fingerprint density at radius 1 is 1.56 bits per heavy atom. The topological polar surface area (TPSA) is 41.5 Å². The third kappa shape index (κ3) is 1.41. The molecule has 0 radical (unpaired) electrons. The number of rotatable bonds is 0. The zero-order chi connectivity index (χ0) is 6.85. The summed E-state index contributed by atoms with van der Waals surface area (Å²) < 4.78 is 5.19. The third-order valence-corrected chi connectivity index (χ3v) is 1.88. The van der Waals surface area contributed by atoms with Gasteiger partial charge in [0.15, 0.2) is 0 Å². The highest BCUT2D eigenvalue weighted by Gasteiger charge is 2.24. The van der Waals surface area contributed by atoms with E-state index < -0.39 is 6.23 Å². The summed E-state index contributed by atoms with van der Waals surface area (Å²) in [6, 6.07) is 0. The second kappa shape index (κ2) is 2.64. The van der Waals surface area contributed by atoms with Gasteiger partial charge in [0.05, 0.1) is 12.8 Å². The molecule has 3 nitrogen and oxygen atoms in total. The quantitative estimate of drug-likeness (QED) is 0.482. The van der Waals surface area contributed by atoms with E-state index in [1.807, 2.05) is 13.8 Å². The summed E-state index contributed by atoms with van der Waals surface area (Å²) in [5.74, 6) is 0.193. The SMILES string of the molecule is CC1OCNC(O)C1C. The first kappa shape index (κ1) is 6.99. The minimum atomic E-state index is -0.395. The first-order valence-corrected chi connectivity index (χ1v) is 3.25. The number of ether oxygens (including phenoxy) is 1. The molecule has 54 valence electrons. The number of nitrogens with one attached hydrogen (secondary N) is 1. The van der Waals surface area contributed by atoms with Gasteiger partial charge in [0.1, 0.15) is 6.23 Å². The molecule has 0 saturated carbocycles. The Morgan fingerprint density at radius 3 is 2.67 bits per heavy atom. The highest BCUT2D eigenvalue weighted by molar-refractivity contribution is 4.71. The molecule has 0 spiro atoms. The van der Waals surface area contributed by atoms with Gasteiger partial charge in [0.2, 0.25) is 0 Å². The van der Waals surface area contributed by atoms with Gasteiger partial charge in [0.25, 0.3) is 0 Å². The van der Waals surface area contributed by atoms with Crippen molar-refractivity contribution < 1.29 is 9.84 Å². The summed E-state index contributed by atoms with van der Waals surface area (Å²) in [6.07, 6.45) is -0.227. The van der Waals surface area contributed by atoms with E-state index in [1.165, 1.54) is 0 Å². The van der Waals surface area contributed by atoms with Crippen molar-refractivity contribution in [1.29, 1.82) is 0 Å². The second-order valence-corrected chi connectivity index (χ2v) is 2.52. The summed E-state index contributed by atoms with van der Waals surface area (Å²) in [4.78, 5) is 0. The third-order valence-electron chi connectivity index (χ3n) is 1.88. The minimum Gasteiger partial charge on any atom is -0.378 e. The fourth-order valence-corrected chi connectivity index (χ4v) is 0.859. The lowest BCUT2D eigenvalue weighted by Gasteiger charge is -2.31. The molecule has 0 aromatic rings. The summed E-state index contributed by atoms with van der Waals surface area (Å²) in [6.45, 7) is 4.39. The van der Waals surface area contributed by atoms with Crippen molar-refractivity contribution in [3.05, 3.63) is 0 Å². The average Bonchev–Trinajstić information content (AvgIpc) is 1.83. The Labute approximate surface area is 55.0 Å². The zero-order valence-corrected chi connectivity index (χ0v) is 5.79. The maximum absolute atomic E-state index is 9.16. The van der Waals surface area contributed by atoms with E-state index in [0.29, 0.717) is 6.73 Å². The molecule has 1 heterocycles. The highest BCUT2D eigenvalue weighted by atomic mass is 16.5. The van der Waals surface area contributed by atoms with Crippen LogP contribution in [0.2, 0.25) is 0 Å². The summed E-state index contributed by atoms with van der Waals surface area (Å²) in [5.41, 5.74) is 0. The van der Waals surface area contributed by atoms with Gasteiger partial charge in [-0.15, -0.1) is 0 Å². The van der Waals surface area contributed by atoms with E-state index in [9.17, 15) is 0 Å². The van der Waals surface area contributed by atoms with Crippen molar-refractivity contribution >= 4 is 0 Å². The van der Waals surface area contributed by atoms with Crippen LogP contribution in [0.1, 0.15) is 13.8 Å². The summed E-state index contributed by atoms with van der Waals surface area (Å²) in [5, 5.41) is 12.0. The Bertz CT molecular complexity index is 87.1. The molecule has 1 aliphatic heterocycles. The maximum Gasteiger partial charge on any atom is 0.111 e. The van der Waals surface area contributed by atoms with Crippen LogP contribution in [0.5, 0.6) is 0 Å². The van der Waals surface area contributed by atoms with E-state index in [1.54, 1.807) is 0 Å². The molecule has 3 unspecified atom stereocenters. The molecule has 9 heavy (non-hydrogen) atoms. The van der Waals surface area contributed by atoms with Crippen LogP contribution in [0.15, 0.2) is 0 Å². The Morgan fingerprint density at radius 2 is 2.22 bits per heavy atom. The molecule has 2 N–H and O–H groups in total. The van der Waals surface area contributed by atoms with Gasteiger partial charge in [0, 0.05) is 5.92 Å². The predicted octanol–water partition coefficient (Wildman–Crippen LogP) is -0.0933. The molecule has 1 saturated heterocycles. The molecule has 0 aromatic carbocycles. The molecular weight excluding hydrogens is 118 g/mol. The number of hydrogen-bond donors (Lipinski definition) is 2. The van der Waals surface area contributed by atoms with Gasteiger partial charge in [-0.1, -0.05) is 6.92 Å². The molecule has 0 bridgehead atoms. The zero-order valence-electron chi connectivity index (χ0n) is 5.79. The number of hydrogen-bond acceptors (Lipinski definition) is 3.